The standard InChI is InChI=1S/C17H9Cl2F5N4S/c18-7-1-2-9(19)10(5-7)25-17(29)26-11-3-4-28(27-11)6-8-12(20)14(22)16(24)15(23)13(8)21/h1-5H,6H2,(H2,25,26,27,29). The molecular weight excluding hydrogens is 458 g/mol. The number of hydrogen-bond acceptors (Lipinski definition) is 2. The van der Waals surface area contributed by atoms with Crippen molar-refractivity contribution in [2.24, 2.45) is 0 Å². The number of nitrogens with one attached hydrogen (secondary N) is 2. The summed E-state index contributed by atoms with van der Waals surface area (Å²) in [6.07, 6.45) is 1.27. The Bertz CT molecular complexity index is 1080. The zero-order valence-corrected chi connectivity index (χ0v) is 16.4. The number of aromatic nitrogens is 2. The molecule has 0 aliphatic heterocycles. The second-order valence-corrected chi connectivity index (χ2v) is 6.90. The fourth-order valence-corrected chi connectivity index (χ4v) is 2.88. The maximum Gasteiger partial charge on any atom is 0.200 e. The number of thiocarbonyl (C=S) groups is 1. The minimum atomic E-state index is -2.22. The largest absolute Gasteiger partial charge is 0.331 e. The molecule has 1 heterocycles. The second-order valence-electron chi connectivity index (χ2n) is 5.65. The molecule has 0 radical (unpaired) electrons. The van der Waals surface area contributed by atoms with Crippen LogP contribution in [0.25, 0.3) is 0 Å². The predicted octanol–water partition coefficient (Wildman–Crippen LogP) is 5.74. The van der Waals surface area contributed by atoms with E-state index in [1.54, 1.807) is 18.2 Å². The summed E-state index contributed by atoms with van der Waals surface area (Å²) >= 11 is 17.0. The van der Waals surface area contributed by atoms with Crippen molar-refractivity contribution < 1.29 is 22.0 Å². The van der Waals surface area contributed by atoms with E-state index in [-0.39, 0.29) is 10.9 Å². The molecule has 4 nitrogen and oxygen atoms in total. The van der Waals surface area contributed by atoms with Gasteiger partial charge in [-0.05, 0) is 30.4 Å². The lowest BCUT2D eigenvalue weighted by Gasteiger charge is -2.11. The minimum Gasteiger partial charge on any atom is -0.331 e. The third-order valence-corrected chi connectivity index (χ3v) is 4.45. The third kappa shape index (κ3) is 4.60. The van der Waals surface area contributed by atoms with Crippen LogP contribution in [0.5, 0.6) is 0 Å². The molecule has 2 N–H and O–H groups in total. The predicted molar refractivity (Wildman–Crippen MR) is 104 cm³/mol. The molecule has 0 spiro atoms. The molecule has 152 valence electrons. The smallest absolute Gasteiger partial charge is 0.200 e. The molecule has 0 unspecified atom stereocenters. The normalized spacial score (nSPS) is 10.9. The number of halogens is 7. The third-order valence-electron chi connectivity index (χ3n) is 3.68. The Kier molecular flexibility index (Phi) is 6.25. The number of hydrogen-bond donors (Lipinski definition) is 2. The van der Waals surface area contributed by atoms with Gasteiger partial charge in [-0.25, -0.2) is 22.0 Å². The summed E-state index contributed by atoms with van der Waals surface area (Å²) in [5.74, 6) is -9.94. The van der Waals surface area contributed by atoms with E-state index in [2.05, 4.69) is 15.7 Å². The van der Waals surface area contributed by atoms with Crippen LogP contribution in [-0.2, 0) is 6.54 Å². The van der Waals surface area contributed by atoms with Gasteiger partial charge in [0.25, 0.3) is 0 Å². The number of anilines is 2. The van der Waals surface area contributed by atoms with E-state index in [9.17, 15) is 22.0 Å². The van der Waals surface area contributed by atoms with Gasteiger partial charge in [-0.1, -0.05) is 23.2 Å². The van der Waals surface area contributed by atoms with Crippen LogP contribution in [-0.4, -0.2) is 14.9 Å². The topological polar surface area (TPSA) is 41.9 Å². The number of benzene rings is 2. The van der Waals surface area contributed by atoms with E-state index in [1.165, 1.54) is 12.3 Å². The lowest BCUT2D eigenvalue weighted by atomic mass is 10.1. The second kappa shape index (κ2) is 8.52. The van der Waals surface area contributed by atoms with E-state index in [1.807, 2.05) is 0 Å². The molecule has 29 heavy (non-hydrogen) atoms. The van der Waals surface area contributed by atoms with Crippen LogP contribution in [0.1, 0.15) is 5.56 Å². The van der Waals surface area contributed by atoms with Gasteiger partial charge in [0.2, 0.25) is 5.82 Å². The van der Waals surface area contributed by atoms with Gasteiger partial charge in [0.1, 0.15) is 0 Å². The van der Waals surface area contributed by atoms with Gasteiger partial charge in [0, 0.05) is 17.3 Å². The van der Waals surface area contributed by atoms with Gasteiger partial charge >= 0.3 is 0 Å². The molecule has 0 saturated heterocycles. The summed E-state index contributed by atoms with van der Waals surface area (Å²) in [5, 5.41) is 10.3. The molecule has 12 heteroatoms. The Balaban J connectivity index is 1.73. The Morgan fingerprint density at radius 2 is 1.55 bits per heavy atom. The monoisotopic (exact) mass is 466 g/mol. The van der Waals surface area contributed by atoms with Crippen molar-refractivity contribution >= 4 is 52.0 Å². The molecular formula is C17H9Cl2F5N4S. The molecule has 0 aliphatic carbocycles. The Hall–Kier alpha value is -2.43. The fraction of sp³-hybridized carbons (Fsp3) is 0.0588. The van der Waals surface area contributed by atoms with Gasteiger partial charge in [-0.3, -0.25) is 4.68 Å². The molecule has 0 amide bonds. The molecule has 1 aromatic heterocycles. The highest BCUT2D eigenvalue weighted by atomic mass is 35.5. The SMILES string of the molecule is Fc1c(F)c(F)c(Cn2ccc(NC(=S)Nc3cc(Cl)ccc3Cl)n2)c(F)c1F. The van der Waals surface area contributed by atoms with Crippen molar-refractivity contribution in [3.05, 3.63) is 75.2 Å². The maximum atomic E-state index is 13.8. The highest BCUT2D eigenvalue weighted by Crippen LogP contribution is 2.26. The van der Waals surface area contributed by atoms with Crippen molar-refractivity contribution in [1.29, 1.82) is 0 Å². The van der Waals surface area contributed by atoms with E-state index >= 15 is 0 Å². The van der Waals surface area contributed by atoms with E-state index < -0.39 is 41.2 Å². The quantitative estimate of drug-likeness (QED) is 0.222. The van der Waals surface area contributed by atoms with Crippen molar-refractivity contribution in [3.8, 4) is 0 Å². The van der Waals surface area contributed by atoms with Crippen LogP contribution in [0.4, 0.5) is 33.5 Å². The zero-order chi connectivity index (χ0) is 21.3. The molecule has 0 saturated carbocycles. The maximum absolute atomic E-state index is 13.8. The van der Waals surface area contributed by atoms with Crippen molar-refractivity contribution in [1.82, 2.24) is 9.78 Å². The Labute approximate surface area is 176 Å². The fourth-order valence-electron chi connectivity index (χ4n) is 2.33. The molecule has 0 bridgehead atoms. The minimum absolute atomic E-state index is 0.0793. The first-order valence-corrected chi connectivity index (χ1v) is 8.90. The molecule has 3 rings (SSSR count). The lowest BCUT2D eigenvalue weighted by Crippen LogP contribution is -2.20. The van der Waals surface area contributed by atoms with E-state index in [4.69, 9.17) is 35.4 Å². The van der Waals surface area contributed by atoms with Crippen LogP contribution in [0.2, 0.25) is 10.0 Å². The van der Waals surface area contributed by atoms with Crippen LogP contribution in [0.15, 0.2) is 30.5 Å². The first-order chi connectivity index (χ1) is 13.7. The number of rotatable bonds is 4. The van der Waals surface area contributed by atoms with Gasteiger partial charge in [-0.15, -0.1) is 0 Å². The van der Waals surface area contributed by atoms with Crippen LogP contribution >= 0.6 is 35.4 Å². The van der Waals surface area contributed by atoms with Crippen molar-refractivity contribution in [3.63, 3.8) is 0 Å². The first kappa shape index (κ1) is 21.3. The van der Waals surface area contributed by atoms with Crippen LogP contribution in [0, 0.1) is 29.1 Å². The molecule has 3 aromatic rings. The van der Waals surface area contributed by atoms with Crippen LogP contribution < -0.4 is 10.6 Å². The average molecular weight is 467 g/mol. The summed E-state index contributed by atoms with van der Waals surface area (Å²) in [5.41, 5.74) is -0.583. The summed E-state index contributed by atoms with van der Waals surface area (Å²) in [4.78, 5) is 0. The van der Waals surface area contributed by atoms with Crippen molar-refractivity contribution in [2.75, 3.05) is 10.6 Å². The average Bonchev–Trinajstić information content (AvgIpc) is 3.11. The van der Waals surface area contributed by atoms with E-state index in [0.29, 0.717) is 15.7 Å². The zero-order valence-electron chi connectivity index (χ0n) is 14.0. The lowest BCUT2D eigenvalue weighted by molar-refractivity contribution is 0.367. The molecule has 0 fully saturated rings. The van der Waals surface area contributed by atoms with Crippen molar-refractivity contribution in [2.45, 2.75) is 6.54 Å². The Morgan fingerprint density at radius 3 is 2.21 bits per heavy atom. The highest BCUT2D eigenvalue weighted by Gasteiger charge is 2.25. The molecule has 0 aliphatic rings. The van der Waals surface area contributed by atoms with Gasteiger partial charge in [-0.2, -0.15) is 5.10 Å². The Morgan fingerprint density at radius 1 is 0.931 bits per heavy atom. The van der Waals surface area contributed by atoms with Gasteiger partial charge in [0.15, 0.2) is 34.2 Å². The first-order valence-electron chi connectivity index (χ1n) is 7.74. The van der Waals surface area contributed by atoms with Gasteiger partial charge < -0.3 is 10.6 Å². The summed E-state index contributed by atoms with van der Waals surface area (Å²) < 4.78 is 68.3. The highest BCUT2D eigenvalue weighted by molar-refractivity contribution is 7.80. The summed E-state index contributed by atoms with van der Waals surface area (Å²) in [7, 11) is 0. The summed E-state index contributed by atoms with van der Waals surface area (Å²) in [6.45, 7) is -0.687. The van der Waals surface area contributed by atoms with Gasteiger partial charge in [0.05, 0.1) is 22.8 Å². The molecule has 0 atom stereocenters. The van der Waals surface area contributed by atoms with E-state index in [0.717, 1.165) is 4.68 Å². The number of nitrogens with zero attached hydrogens (tertiary/aromatic N) is 2. The summed E-state index contributed by atoms with van der Waals surface area (Å²) in [6, 6.07) is 6.08. The molecule has 2 aromatic carbocycles. The van der Waals surface area contributed by atoms with Crippen LogP contribution in [0.3, 0.4) is 0 Å².